The van der Waals surface area contributed by atoms with E-state index in [1.165, 1.54) is 77.6 Å². The summed E-state index contributed by atoms with van der Waals surface area (Å²) in [5, 5.41) is 2.60. The fourth-order valence-electron chi connectivity index (χ4n) is 10.0. The molecule has 3 aliphatic carbocycles. The maximum atomic E-state index is 6.69. The molecule has 2 heteroatoms. The van der Waals surface area contributed by atoms with Crippen LogP contribution in [-0.2, 0) is 17.3 Å². The molecule has 7 aromatic rings. The van der Waals surface area contributed by atoms with E-state index in [2.05, 4.69) is 176 Å². The molecule has 1 aromatic heterocycles. The van der Waals surface area contributed by atoms with Crippen molar-refractivity contribution in [2.24, 2.45) is 5.92 Å². The van der Waals surface area contributed by atoms with Crippen LogP contribution < -0.4 is 4.74 Å². The summed E-state index contributed by atoms with van der Waals surface area (Å²) < 4.78 is 9.28. The number of allylic oxidation sites excluding steroid dienone is 6. The molecule has 0 saturated carbocycles. The molecule has 2 heterocycles. The van der Waals surface area contributed by atoms with Crippen LogP contribution in [0.25, 0.3) is 38.6 Å². The minimum Gasteiger partial charge on any atom is -0.457 e. The Balaban J connectivity index is 1.28. The van der Waals surface area contributed by atoms with Gasteiger partial charge in [-0.3, -0.25) is 0 Å². The van der Waals surface area contributed by atoms with Crippen molar-refractivity contribution >= 4 is 21.8 Å². The molecule has 51 heavy (non-hydrogen) atoms. The molecule has 0 radical (unpaired) electrons. The van der Waals surface area contributed by atoms with E-state index in [9.17, 15) is 0 Å². The monoisotopic (exact) mass is 655 g/mol. The first-order valence-corrected chi connectivity index (χ1v) is 18.3. The Morgan fingerprint density at radius 1 is 0.627 bits per heavy atom. The quantitative estimate of drug-likeness (QED) is 0.172. The highest BCUT2D eigenvalue weighted by molar-refractivity contribution is 6.10. The van der Waals surface area contributed by atoms with Crippen molar-refractivity contribution in [2.45, 2.75) is 37.5 Å². The lowest BCUT2D eigenvalue weighted by atomic mass is 9.65. The van der Waals surface area contributed by atoms with Gasteiger partial charge in [0.2, 0.25) is 0 Å². The number of ether oxygens (including phenoxy) is 1. The molecule has 1 atom stereocenters. The van der Waals surface area contributed by atoms with Crippen LogP contribution in [-0.4, -0.2) is 4.57 Å². The summed E-state index contributed by atoms with van der Waals surface area (Å²) in [4.78, 5) is 0. The molecule has 2 nitrogen and oxygen atoms in total. The van der Waals surface area contributed by atoms with E-state index in [0.717, 1.165) is 24.3 Å². The van der Waals surface area contributed by atoms with Crippen molar-refractivity contribution in [3.8, 4) is 28.3 Å². The molecule has 1 spiro atoms. The second kappa shape index (κ2) is 10.3. The van der Waals surface area contributed by atoms with Crippen molar-refractivity contribution in [3.05, 3.63) is 197 Å². The average molecular weight is 656 g/mol. The zero-order valence-corrected chi connectivity index (χ0v) is 28.9. The number of aromatic nitrogens is 1. The van der Waals surface area contributed by atoms with Gasteiger partial charge in [0.15, 0.2) is 0 Å². The summed E-state index contributed by atoms with van der Waals surface area (Å²) in [6.45, 7) is 4.91. The van der Waals surface area contributed by atoms with E-state index in [-0.39, 0.29) is 5.41 Å². The SMILES string of the molecule is CC1(C)c2cc3c(cc2CC2=CC1C/C=C\C=C2)c1ccccc1n3-c1cccc2c1C1(c3ccccc3Oc3ccccc31)c1ccccc1-2. The smallest absolute Gasteiger partial charge is 0.132 e. The molecule has 0 N–H and O–H groups in total. The number of hydrogen-bond acceptors (Lipinski definition) is 1. The number of rotatable bonds is 1. The first kappa shape index (κ1) is 28.9. The highest BCUT2D eigenvalue weighted by atomic mass is 16.5. The first-order valence-electron chi connectivity index (χ1n) is 18.3. The second-order valence-corrected chi connectivity index (χ2v) is 15.2. The molecule has 4 aliphatic rings. The van der Waals surface area contributed by atoms with E-state index in [0.29, 0.717) is 5.92 Å². The van der Waals surface area contributed by atoms with Crippen LogP contribution in [0.1, 0.15) is 53.6 Å². The molecule has 1 aliphatic heterocycles. The Labute approximate surface area is 298 Å². The van der Waals surface area contributed by atoms with Gasteiger partial charge in [0, 0.05) is 27.5 Å². The molecule has 0 saturated heterocycles. The first-order chi connectivity index (χ1) is 25.0. The molecule has 0 amide bonds. The van der Waals surface area contributed by atoms with E-state index < -0.39 is 5.41 Å². The highest BCUT2D eigenvalue weighted by Crippen LogP contribution is 2.63. The van der Waals surface area contributed by atoms with Gasteiger partial charge in [-0.15, -0.1) is 0 Å². The number of hydrogen-bond donors (Lipinski definition) is 0. The van der Waals surface area contributed by atoms with Gasteiger partial charge in [0.1, 0.15) is 11.5 Å². The third kappa shape index (κ3) is 3.77. The van der Waals surface area contributed by atoms with Crippen LogP contribution in [0.4, 0.5) is 0 Å². The summed E-state index contributed by atoms with van der Waals surface area (Å²) in [6, 6.07) is 47.4. The molecule has 244 valence electrons. The van der Waals surface area contributed by atoms with Crippen LogP contribution in [0.5, 0.6) is 11.5 Å². The summed E-state index contributed by atoms with van der Waals surface area (Å²) in [5.74, 6) is 2.25. The van der Waals surface area contributed by atoms with Crippen molar-refractivity contribution in [3.63, 3.8) is 0 Å². The lowest BCUT2D eigenvalue weighted by molar-refractivity contribution is 0.385. The maximum Gasteiger partial charge on any atom is 0.132 e. The number of benzene rings is 6. The van der Waals surface area contributed by atoms with Crippen molar-refractivity contribution < 1.29 is 4.74 Å². The number of para-hydroxylation sites is 3. The predicted molar refractivity (Wildman–Crippen MR) is 209 cm³/mol. The van der Waals surface area contributed by atoms with Gasteiger partial charge < -0.3 is 9.30 Å². The van der Waals surface area contributed by atoms with Crippen molar-refractivity contribution in [2.75, 3.05) is 0 Å². The van der Waals surface area contributed by atoms with E-state index in [4.69, 9.17) is 4.74 Å². The standard InChI is InChI=1S/C49H37NO/c1-48(2)33-16-5-3-4-15-31(28-33)27-32-29-37-35-18-7-11-23-42(35)50(44(37)30-41(32)48)43-24-14-19-36-34-17-6-8-20-38(34)49(47(36)43)39-21-9-12-25-45(39)51-46-26-13-10-22-40(46)49/h3-15,17-26,28-30,33H,16,27H2,1-2H3/b5-3-,15-4?. The summed E-state index contributed by atoms with van der Waals surface area (Å²) in [7, 11) is 0. The summed E-state index contributed by atoms with van der Waals surface area (Å²) in [6.07, 6.45) is 13.6. The molecule has 0 fully saturated rings. The maximum absolute atomic E-state index is 6.69. The Bertz CT molecular complexity index is 2670. The van der Waals surface area contributed by atoms with E-state index in [1.807, 2.05) is 0 Å². The van der Waals surface area contributed by atoms with Crippen LogP contribution in [0.15, 0.2) is 163 Å². The second-order valence-electron chi connectivity index (χ2n) is 15.2. The lowest BCUT2D eigenvalue weighted by Crippen LogP contribution is -2.33. The molecule has 2 bridgehead atoms. The van der Waals surface area contributed by atoms with E-state index >= 15 is 0 Å². The molecular formula is C49H37NO. The van der Waals surface area contributed by atoms with Gasteiger partial charge in [-0.25, -0.2) is 0 Å². The number of nitrogens with zero attached hydrogens (tertiary/aromatic N) is 1. The topological polar surface area (TPSA) is 14.2 Å². The van der Waals surface area contributed by atoms with Crippen LogP contribution >= 0.6 is 0 Å². The highest BCUT2D eigenvalue weighted by Gasteiger charge is 2.52. The Kier molecular flexibility index (Phi) is 5.86. The zero-order valence-electron chi connectivity index (χ0n) is 28.9. The van der Waals surface area contributed by atoms with Crippen molar-refractivity contribution in [1.29, 1.82) is 0 Å². The normalized spacial score (nSPS) is 19.1. The van der Waals surface area contributed by atoms with Gasteiger partial charge in [-0.05, 0) is 94.0 Å². The van der Waals surface area contributed by atoms with Gasteiger partial charge in [0.05, 0.1) is 22.1 Å². The molecule has 1 unspecified atom stereocenters. The minimum atomic E-state index is -0.561. The van der Waals surface area contributed by atoms with Crippen molar-refractivity contribution in [1.82, 2.24) is 4.57 Å². The summed E-state index contributed by atoms with van der Waals surface area (Å²) in [5.41, 5.74) is 15.0. The predicted octanol–water partition coefficient (Wildman–Crippen LogP) is 12.1. The zero-order chi connectivity index (χ0) is 33.9. The fourth-order valence-corrected chi connectivity index (χ4v) is 10.0. The fraction of sp³-hybridized carbons (Fsp3) is 0.143. The Hall–Kier alpha value is -5.86. The minimum absolute atomic E-state index is 0.0449. The largest absolute Gasteiger partial charge is 0.457 e. The third-order valence-electron chi connectivity index (χ3n) is 12.4. The third-order valence-corrected chi connectivity index (χ3v) is 12.4. The van der Waals surface area contributed by atoms with Gasteiger partial charge in [-0.2, -0.15) is 0 Å². The van der Waals surface area contributed by atoms with Crippen LogP contribution in [0.2, 0.25) is 0 Å². The van der Waals surface area contributed by atoms with Crippen LogP contribution in [0, 0.1) is 5.92 Å². The lowest BCUT2D eigenvalue weighted by Gasteiger charge is -2.40. The summed E-state index contributed by atoms with van der Waals surface area (Å²) >= 11 is 0. The van der Waals surface area contributed by atoms with E-state index in [1.54, 1.807) is 0 Å². The number of fused-ring (bicyclic) bond motifs is 14. The average Bonchev–Trinajstić information content (AvgIpc) is 3.59. The van der Waals surface area contributed by atoms with Gasteiger partial charge in [-0.1, -0.05) is 135 Å². The van der Waals surface area contributed by atoms with Gasteiger partial charge >= 0.3 is 0 Å². The Morgan fingerprint density at radius 2 is 1.33 bits per heavy atom. The van der Waals surface area contributed by atoms with Gasteiger partial charge in [0.25, 0.3) is 0 Å². The van der Waals surface area contributed by atoms with Crippen LogP contribution in [0.3, 0.4) is 0 Å². The molecule has 11 rings (SSSR count). The Morgan fingerprint density at radius 3 is 2.16 bits per heavy atom. The molecule has 6 aromatic carbocycles. The molecular weight excluding hydrogens is 619 g/mol.